The first-order valence-electron chi connectivity index (χ1n) is 6.74. The Kier molecular flexibility index (Phi) is 4.33. The third-order valence-electron chi connectivity index (χ3n) is 4.18. The van der Waals surface area contributed by atoms with E-state index in [4.69, 9.17) is 0 Å². The lowest BCUT2D eigenvalue weighted by Crippen LogP contribution is -2.58. The Labute approximate surface area is 116 Å². The average molecular weight is 268 g/mol. The molecule has 0 fully saturated rings. The molecule has 0 aliphatic heterocycles. The predicted molar refractivity (Wildman–Crippen MR) is 83.9 cm³/mol. The maximum absolute atomic E-state index is 10.9. The molecule has 0 saturated carbocycles. The van der Waals surface area contributed by atoms with Gasteiger partial charge in [0.2, 0.25) is 0 Å². The Morgan fingerprint density at radius 1 is 0.947 bits per heavy atom. The van der Waals surface area contributed by atoms with Gasteiger partial charge in [0.1, 0.15) is 14.4 Å². The van der Waals surface area contributed by atoms with Crippen LogP contribution in [0.2, 0.25) is 12.1 Å². The fourth-order valence-corrected chi connectivity index (χ4v) is 6.49. The molecule has 98 valence electrons. The molecule has 0 aliphatic rings. The van der Waals surface area contributed by atoms with Crippen LogP contribution in [0.5, 0.6) is 0 Å². The van der Waals surface area contributed by atoms with E-state index >= 15 is 0 Å². The molecular formula is C17H20OSi. The van der Waals surface area contributed by atoms with Crippen LogP contribution in [0.3, 0.4) is 0 Å². The second-order valence-corrected chi connectivity index (χ2v) is 9.78. The second kappa shape index (κ2) is 5.98. The van der Waals surface area contributed by atoms with E-state index in [1.165, 1.54) is 10.4 Å². The maximum atomic E-state index is 10.9. The molecular weight excluding hydrogens is 248 g/mol. The van der Waals surface area contributed by atoms with Gasteiger partial charge >= 0.3 is 0 Å². The molecule has 0 bridgehead atoms. The number of hydrogen-bond acceptors (Lipinski definition) is 1. The normalized spacial score (nSPS) is 12.9. The third kappa shape index (κ3) is 2.69. The Hall–Kier alpha value is -1.67. The van der Waals surface area contributed by atoms with Crippen molar-refractivity contribution in [2.45, 2.75) is 25.4 Å². The van der Waals surface area contributed by atoms with Crippen molar-refractivity contribution in [1.82, 2.24) is 0 Å². The standard InChI is InChI=1S/C17H20OSi/c1-15(13-14-18)19(2,16-9-5-3-6-10-16)17-11-7-4-8-12-17/h3-12,14-15H,13H2,1-2H3/t15-/m0/s1. The summed E-state index contributed by atoms with van der Waals surface area (Å²) in [7, 11) is -1.86. The van der Waals surface area contributed by atoms with Crippen LogP contribution >= 0.6 is 0 Å². The first-order chi connectivity index (χ1) is 9.19. The minimum Gasteiger partial charge on any atom is -0.303 e. The lowest BCUT2D eigenvalue weighted by molar-refractivity contribution is -0.107. The van der Waals surface area contributed by atoms with Gasteiger partial charge in [-0.2, -0.15) is 0 Å². The molecule has 19 heavy (non-hydrogen) atoms. The van der Waals surface area contributed by atoms with E-state index in [0.29, 0.717) is 12.0 Å². The van der Waals surface area contributed by atoms with E-state index in [0.717, 1.165) is 6.29 Å². The van der Waals surface area contributed by atoms with Crippen LogP contribution in [0.25, 0.3) is 0 Å². The fraction of sp³-hybridized carbons (Fsp3) is 0.235. The zero-order valence-corrected chi connectivity index (χ0v) is 12.5. The molecule has 0 saturated heterocycles. The Bertz CT molecular complexity index is 482. The SMILES string of the molecule is C[C@@H](CC=O)[Si](C)(c1ccccc1)c1ccccc1. The quantitative estimate of drug-likeness (QED) is 0.602. The Morgan fingerprint density at radius 2 is 1.37 bits per heavy atom. The summed E-state index contributed by atoms with van der Waals surface area (Å²) in [5.74, 6) is 0. The number of carbonyl (C=O) groups excluding carboxylic acids is 1. The van der Waals surface area contributed by atoms with Crippen molar-refractivity contribution < 1.29 is 4.79 Å². The van der Waals surface area contributed by atoms with Crippen molar-refractivity contribution >= 4 is 24.7 Å². The van der Waals surface area contributed by atoms with E-state index in [-0.39, 0.29) is 0 Å². The molecule has 1 nitrogen and oxygen atoms in total. The van der Waals surface area contributed by atoms with Crippen molar-refractivity contribution in [2.24, 2.45) is 0 Å². The first-order valence-corrected chi connectivity index (χ1v) is 9.32. The van der Waals surface area contributed by atoms with E-state index in [2.05, 4.69) is 62.0 Å². The van der Waals surface area contributed by atoms with Gasteiger partial charge in [-0.25, -0.2) is 0 Å². The lowest BCUT2D eigenvalue weighted by Gasteiger charge is -2.34. The van der Waals surface area contributed by atoms with Crippen molar-refractivity contribution in [1.29, 1.82) is 0 Å². The number of aldehydes is 1. The van der Waals surface area contributed by atoms with Crippen molar-refractivity contribution in [2.75, 3.05) is 0 Å². The molecule has 0 heterocycles. The molecule has 0 radical (unpaired) electrons. The molecule has 0 aliphatic carbocycles. The topological polar surface area (TPSA) is 17.1 Å². The number of hydrogen-bond donors (Lipinski definition) is 0. The van der Waals surface area contributed by atoms with Gasteiger partial charge in [-0.15, -0.1) is 0 Å². The molecule has 2 aromatic carbocycles. The predicted octanol–water partition coefficient (Wildman–Crippen LogP) is 2.86. The maximum Gasteiger partial charge on any atom is 0.119 e. The van der Waals surface area contributed by atoms with Crippen LogP contribution < -0.4 is 10.4 Å². The highest BCUT2D eigenvalue weighted by Crippen LogP contribution is 2.24. The van der Waals surface area contributed by atoms with Crippen LogP contribution in [0.15, 0.2) is 60.7 Å². The molecule has 0 N–H and O–H groups in total. The fourth-order valence-electron chi connectivity index (χ4n) is 2.68. The van der Waals surface area contributed by atoms with Crippen molar-refractivity contribution in [3.8, 4) is 0 Å². The van der Waals surface area contributed by atoms with E-state index in [1.54, 1.807) is 0 Å². The minimum atomic E-state index is -1.86. The van der Waals surface area contributed by atoms with E-state index in [1.807, 2.05) is 12.1 Å². The molecule has 2 rings (SSSR count). The van der Waals surface area contributed by atoms with Crippen LogP contribution in [0.4, 0.5) is 0 Å². The average Bonchev–Trinajstić information content (AvgIpc) is 2.48. The summed E-state index contributed by atoms with van der Waals surface area (Å²) >= 11 is 0. The molecule has 1 atom stereocenters. The monoisotopic (exact) mass is 268 g/mol. The van der Waals surface area contributed by atoms with E-state index < -0.39 is 8.07 Å². The van der Waals surface area contributed by atoms with Gasteiger partial charge in [-0.3, -0.25) is 0 Å². The zero-order valence-electron chi connectivity index (χ0n) is 11.5. The summed E-state index contributed by atoms with van der Waals surface area (Å²) in [6, 6.07) is 21.3. The molecule has 0 aromatic heterocycles. The summed E-state index contributed by atoms with van der Waals surface area (Å²) in [4.78, 5) is 10.9. The summed E-state index contributed by atoms with van der Waals surface area (Å²) in [6.45, 7) is 4.58. The highest BCUT2D eigenvalue weighted by molar-refractivity contribution is 7.02. The lowest BCUT2D eigenvalue weighted by atomic mass is 10.3. The smallest absolute Gasteiger partial charge is 0.119 e. The van der Waals surface area contributed by atoms with Crippen LogP contribution in [0, 0.1) is 0 Å². The van der Waals surface area contributed by atoms with Gasteiger partial charge < -0.3 is 4.79 Å². The molecule has 0 spiro atoms. The number of carbonyl (C=O) groups is 1. The van der Waals surface area contributed by atoms with Gasteiger partial charge in [0, 0.05) is 6.42 Å². The summed E-state index contributed by atoms with van der Waals surface area (Å²) in [5, 5.41) is 2.80. The van der Waals surface area contributed by atoms with Crippen LogP contribution in [-0.2, 0) is 4.79 Å². The second-order valence-electron chi connectivity index (χ2n) is 5.24. The Balaban J connectivity index is 2.53. The third-order valence-corrected chi connectivity index (χ3v) is 9.45. The van der Waals surface area contributed by atoms with Crippen molar-refractivity contribution in [3.63, 3.8) is 0 Å². The Morgan fingerprint density at radius 3 is 1.74 bits per heavy atom. The van der Waals surface area contributed by atoms with Crippen LogP contribution in [-0.4, -0.2) is 14.4 Å². The van der Waals surface area contributed by atoms with Gasteiger partial charge in [-0.05, 0) is 5.54 Å². The zero-order chi connectivity index (χ0) is 13.7. The van der Waals surface area contributed by atoms with Gasteiger partial charge in [0.05, 0.1) is 0 Å². The highest BCUT2D eigenvalue weighted by atomic mass is 28.3. The number of rotatable bonds is 5. The first kappa shape index (κ1) is 13.8. The minimum absolute atomic E-state index is 0.398. The summed E-state index contributed by atoms with van der Waals surface area (Å²) in [6.07, 6.45) is 1.69. The molecule has 0 unspecified atom stereocenters. The van der Waals surface area contributed by atoms with Gasteiger partial charge in [0.15, 0.2) is 0 Å². The van der Waals surface area contributed by atoms with Gasteiger partial charge in [0.25, 0.3) is 0 Å². The largest absolute Gasteiger partial charge is 0.303 e. The van der Waals surface area contributed by atoms with Crippen molar-refractivity contribution in [3.05, 3.63) is 60.7 Å². The molecule has 2 aromatic rings. The van der Waals surface area contributed by atoms with E-state index in [9.17, 15) is 4.79 Å². The van der Waals surface area contributed by atoms with Gasteiger partial charge in [-0.1, -0.05) is 84.5 Å². The summed E-state index contributed by atoms with van der Waals surface area (Å²) < 4.78 is 0. The van der Waals surface area contributed by atoms with Crippen LogP contribution in [0.1, 0.15) is 13.3 Å². The number of benzene rings is 2. The summed E-state index contributed by atoms with van der Waals surface area (Å²) in [5.41, 5.74) is 0.398. The molecule has 0 amide bonds. The molecule has 2 heteroatoms. The highest BCUT2D eigenvalue weighted by Gasteiger charge is 2.37.